The van der Waals surface area contributed by atoms with Gasteiger partial charge in [-0.05, 0) is 29.8 Å². The van der Waals surface area contributed by atoms with Crippen molar-refractivity contribution in [2.24, 2.45) is 0 Å². The maximum atomic E-state index is 12.6. The van der Waals surface area contributed by atoms with Crippen molar-refractivity contribution in [3.8, 4) is 17.1 Å². The maximum Gasteiger partial charge on any atom is 0.233 e. The summed E-state index contributed by atoms with van der Waals surface area (Å²) in [6.45, 7) is 4.92. The molecule has 0 radical (unpaired) electrons. The Labute approximate surface area is 189 Å². The highest BCUT2D eigenvalue weighted by Gasteiger charge is 2.18. The number of hydrogen-bond acceptors (Lipinski definition) is 5. The van der Waals surface area contributed by atoms with Crippen LogP contribution in [0, 0.1) is 0 Å². The number of allylic oxidation sites excluding steroid dienone is 1. The molecule has 8 heteroatoms. The van der Waals surface area contributed by atoms with Gasteiger partial charge < -0.3 is 9.64 Å². The van der Waals surface area contributed by atoms with Crippen molar-refractivity contribution in [1.82, 2.24) is 19.7 Å². The molecule has 6 nitrogen and oxygen atoms in total. The van der Waals surface area contributed by atoms with E-state index in [2.05, 4.69) is 32.7 Å². The molecule has 0 spiro atoms. The summed E-state index contributed by atoms with van der Waals surface area (Å²) in [5.41, 5.74) is 1.92. The molecule has 156 valence electrons. The maximum absolute atomic E-state index is 12.6. The van der Waals surface area contributed by atoms with E-state index in [9.17, 15) is 4.79 Å². The highest BCUT2D eigenvalue weighted by atomic mass is 79.9. The normalized spacial score (nSPS) is 10.6. The van der Waals surface area contributed by atoms with Crippen LogP contribution in [0.4, 0.5) is 0 Å². The SMILES string of the molecule is C=CCn1c(SCC(=O)N(C)Cc2ccc(Br)cc2)nnc1-c1ccccc1OC. The number of methoxy groups -OCH3 is 1. The fourth-order valence-electron chi connectivity index (χ4n) is 2.91. The van der Waals surface area contributed by atoms with E-state index in [0.717, 1.165) is 21.3 Å². The first-order chi connectivity index (χ1) is 14.5. The van der Waals surface area contributed by atoms with Crippen molar-refractivity contribution in [1.29, 1.82) is 0 Å². The summed E-state index contributed by atoms with van der Waals surface area (Å²) >= 11 is 4.79. The van der Waals surface area contributed by atoms with Gasteiger partial charge in [0.15, 0.2) is 11.0 Å². The van der Waals surface area contributed by atoms with E-state index in [-0.39, 0.29) is 11.7 Å². The van der Waals surface area contributed by atoms with Gasteiger partial charge in [0, 0.05) is 24.6 Å². The van der Waals surface area contributed by atoms with Crippen LogP contribution >= 0.6 is 27.7 Å². The molecule has 0 aliphatic carbocycles. The topological polar surface area (TPSA) is 60.2 Å². The number of nitrogens with zero attached hydrogens (tertiary/aromatic N) is 4. The van der Waals surface area contributed by atoms with Crippen LogP contribution in [0.25, 0.3) is 11.4 Å². The number of carbonyl (C=O) groups is 1. The first-order valence-corrected chi connectivity index (χ1v) is 11.1. The smallest absolute Gasteiger partial charge is 0.233 e. The second-order valence-electron chi connectivity index (χ2n) is 6.57. The third kappa shape index (κ3) is 5.31. The Balaban J connectivity index is 1.71. The number of rotatable bonds is 9. The molecule has 0 saturated heterocycles. The number of carbonyl (C=O) groups excluding carboxylic acids is 1. The van der Waals surface area contributed by atoms with E-state index < -0.39 is 0 Å². The average Bonchev–Trinajstić information content (AvgIpc) is 3.16. The minimum absolute atomic E-state index is 0.0231. The fourth-order valence-corrected chi connectivity index (χ4v) is 4.06. The number of amides is 1. The Morgan fingerprint density at radius 3 is 2.67 bits per heavy atom. The van der Waals surface area contributed by atoms with Crippen LogP contribution < -0.4 is 4.74 Å². The lowest BCUT2D eigenvalue weighted by molar-refractivity contribution is -0.127. The molecule has 2 aromatic carbocycles. The molecule has 3 aromatic rings. The predicted octanol–water partition coefficient (Wildman–Crippen LogP) is 4.65. The monoisotopic (exact) mass is 486 g/mol. The summed E-state index contributed by atoms with van der Waals surface area (Å²) in [7, 11) is 3.43. The van der Waals surface area contributed by atoms with Gasteiger partial charge in [-0.1, -0.05) is 58.0 Å². The van der Waals surface area contributed by atoms with Gasteiger partial charge in [0.05, 0.1) is 18.4 Å². The molecule has 0 unspecified atom stereocenters. The molecule has 0 aliphatic heterocycles. The third-order valence-electron chi connectivity index (χ3n) is 4.46. The summed E-state index contributed by atoms with van der Waals surface area (Å²) in [5, 5.41) is 9.32. The zero-order chi connectivity index (χ0) is 21.5. The molecule has 3 rings (SSSR count). The lowest BCUT2D eigenvalue weighted by Crippen LogP contribution is -2.27. The Morgan fingerprint density at radius 1 is 1.23 bits per heavy atom. The lowest BCUT2D eigenvalue weighted by Gasteiger charge is -2.17. The van der Waals surface area contributed by atoms with Gasteiger partial charge in [-0.15, -0.1) is 16.8 Å². The van der Waals surface area contributed by atoms with Crippen molar-refractivity contribution in [3.63, 3.8) is 0 Å². The van der Waals surface area contributed by atoms with E-state index in [0.29, 0.717) is 24.1 Å². The van der Waals surface area contributed by atoms with Crippen molar-refractivity contribution in [2.75, 3.05) is 19.9 Å². The number of para-hydroxylation sites is 1. The third-order valence-corrected chi connectivity index (χ3v) is 5.94. The van der Waals surface area contributed by atoms with Crippen LogP contribution in [0.3, 0.4) is 0 Å². The highest BCUT2D eigenvalue weighted by Crippen LogP contribution is 2.31. The Bertz CT molecular complexity index is 1020. The van der Waals surface area contributed by atoms with Crippen LogP contribution in [-0.4, -0.2) is 45.5 Å². The summed E-state index contributed by atoms with van der Waals surface area (Å²) in [5.74, 6) is 1.70. The van der Waals surface area contributed by atoms with E-state index >= 15 is 0 Å². The number of hydrogen-bond donors (Lipinski definition) is 0. The lowest BCUT2D eigenvalue weighted by atomic mass is 10.2. The van der Waals surface area contributed by atoms with Crippen LogP contribution in [-0.2, 0) is 17.9 Å². The van der Waals surface area contributed by atoms with Gasteiger partial charge in [0.25, 0.3) is 0 Å². The molecular weight excluding hydrogens is 464 g/mol. The van der Waals surface area contributed by atoms with Crippen molar-refractivity contribution >= 4 is 33.6 Å². The molecule has 1 heterocycles. The predicted molar refractivity (Wildman–Crippen MR) is 124 cm³/mol. The van der Waals surface area contributed by atoms with Crippen LogP contribution in [0.5, 0.6) is 5.75 Å². The van der Waals surface area contributed by atoms with Crippen molar-refractivity contribution in [3.05, 3.63) is 71.2 Å². The molecule has 0 N–H and O–H groups in total. The first-order valence-electron chi connectivity index (χ1n) is 9.32. The summed E-state index contributed by atoms with van der Waals surface area (Å²) in [4.78, 5) is 14.3. The van der Waals surface area contributed by atoms with E-state index in [1.807, 2.05) is 53.1 Å². The zero-order valence-corrected chi connectivity index (χ0v) is 19.3. The van der Waals surface area contributed by atoms with Crippen molar-refractivity contribution < 1.29 is 9.53 Å². The number of halogens is 1. The minimum Gasteiger partial charge on any atom is -0.496 e. The standard InChI is InChI=1S/C22H23BrN4O2S/c1-4-13-27-21(18-7-5-6-8-19(18)29-3)24-25-22(27)30-15-20(28)26(2)14-16-9-11-17(23)12-10-16/h4-12H,1,13-15H2,2-3H3. The molecule has 0 atom stereocenters. The zero-order valence-electron chi connectivity index (χ0n) is 16.9. The van der Waals surface area contributed by atoms with Gasteiger partial charge >= 0.3 is 0 Å². The number of ether oxygens (including phenoxy) is 1. The van der Waals surface area contributed by atoms with Crippen LogP contribution in [0.15, 0.2) is 70.8 Å². The van der Waals surface area contributed by atoms with Gasteiger partial charge in [-0.25, -0.2) is 0 Å². The van der Waals surface area contributed by atoms with Gasteiger partial charge in [0.1, 0.15) is 5.75 Å². The number of thioether (sulfide) groups is 1. The number of benzene rings is 2. The van der Waals surface area contributed by atoms with Gasteiger partial charge in [0.2, 0.25) is 5.91 Å². The summed E-state index contributed by atoms with van der Waals surface area (Å²) < 4.78 is 8.42. The van der Waals surface area contributed by atoms with Gasteiger partial charge in [-0.2, -0.15) is 0 Å². The molecule has 0 saturated carbocycles. The molecular formula is C22H23BrN4O2S. The summed E-state index contributed by atoms with van der Waals surface area (Å²) in [6.07, 6.45) is 1.79. The summed E-state index contributed by atoms with van der Waals surface area (Å²) in [6, 6.07) is 15.6. The fraction of sp³-hybridized carbons (Fsp3) is 0.227. The quantitative estimate of drug-likeness (QED) is 0.325. The van der Waals surface area contributed by atoms with Gasteiger partial charge in [-0.3, -0.25) is 9.36 Å². The minimum atomic E-state index is 0.0231. The Hall–Kier alpha value is -2.58. The largest absolute Gasteiger partial charge is 0.496 e. The number of aromatic nitrogens is 3. The molecule has 1 amide bonds. The first kappa shape index (κ1) is 22.1. The average molecular weight is 487 g/mol. The molecule has 1 aromatic heterocycles. The van der Waals surface area contributed by atoms with E-state index in [1.54, 1.807) is 25.1 Å². The van der Waals surface area contributed by atoms with Crippen LogP contribution in [0.2, 0.25) is 0 Å². The van der Waals surface area contributed by atoms with E-state index in [1.165, 1.54) is 11.8 Å². The second kappa shape index (κ2) is 10.4. The molecule has 30 heavy (non-hydrogen) atoms. The second-order valence-corrected chi connectivity index (χ2v) is 8.43. The highest BCUT2D eigenvalue weighted by molar-refractivity contribution is 9.10. The molecule has 0 bridgehead atoms. The Kier molecular flexibility index (Phi) is 7.70. The molecule has 0 aliphatic rings. The van der Waals surface area contributed by atoms with E-state index in [4.69, 9.17) is 4.74 Å². The van der Waals surface area contributed by atoms with Crippen LogP contribution in [0.1, 0.15) is 5.56 Å². The Morgan fingerprint density at radius 2 is 1.97 bits per heavy atom. The molecule has 0 fully saturated rings. The van der Waals surface area contributed by atoms with Crippen molar-refractivity contribution in [2.45, 2.75) is 18.2 Å².